The SMILES string of the molecule is CN=C(NCCCCSC)NCCc1cc(C)cc(C)c1.I. The van der Waals surface area contributed by atoms with Gasteiger partial charge in [-0.3, -0.25) is 4.99 Å². The summed E-state index contributed by atoms with van der Waals surface area (Å²) in [6.45, 7) is 6.20. The smallest absolute Gasteiger partial charge is 0.190 e. The van der Waals surface area contributed by atoms with Crippen molar-refractivity contribution in [3.05, 3.63) is 34.9 Å². The van der Waals surface area contributed by atoms with E-state index in [0.717, 1.165) is 25.5 Å². The molecule has 1 aromatic carbocycles. The van der Waals surface area contributed by atoms with Gasteiger partial charge in [0, 0.05) is 20.1 Å². The summed E-state index contributed by atoms with van der Waals surface area (Å²) in [5, 5.41) is 6.75. The second-order valence-electron chi connectivity index (χ2n) is 5.37. The molecule has 0 heterocycles. The van der Waals surface area contributed by atoms with Crippen molar-refractivity contribution in [2.24, 2.45) is 4.99 Å². The molecule has 0 unspecified atom stereocenters. The van der Waals surface area contributed by atoms with Crippen LogP contribution in [0.2, 0.25) is 0 Å². The van der Waals surface area contributed by atoms with Gasteiger partial charge < -0.3 is 10.6 Å². The van der Waals surface area contributed by atoms with Gasteiger partial charge in [0.1, 0.15) is 0 Å². The van der Waals surface area contributed by atoms with Crippen LogP contribution in [0.15, 0.2) is 23.2 Å². The van der Waals surface area contributed by atoms with Gasteiger partial charge in [0.25, 0.3) is 0 Å². The normalized spacial score (nSPS) is 11.0. The van der Waals surface area contributed by atoms with Gasteiger partial charge in [-0.1, -0.05) is 29.3 Å². The Morgan fingerprint density at radius 3 is 2.27 bits per heavy atom. The molecular formula is C17H30IN3S. The number of hydrogen-bond donors (Lipinski definition) is 2. The molecule has 0 spiro atoms. The van der Waals surface area contributed by atoms with Crippen LogP contribution in [0.3, 0.4) is 0 Å². The first-order chi connectivity index (χ1) is 10.2. The minimum atomic E-state index is 0. The molecule has 0 aliphatic heterocycles. The van der Waals surface area contributed by atoms with Crippen molar-refractivity contribution in [1.82, 2.24) is 10.6 Å². The highest BCUT2D eigenvalue weighted by molar-refractivity contribution is 14.0. The molecule has 3 nitrogen and oxygen atoms in total. The van der Waals surface area contributed by atoms with Crippen LogP contribution in [0.5, 0.6) is 0 Å². The summed E-state index contributed by atoms with van der Waals surface area (Å²) in [7, 11) is 1.83. The molecule has 0 bridgehead atoms. The van der Waals surface area contributed by atoms with Gasteiger partial charge in [-0.05, 0) is 50.7 Å². The fourth-order valence-electron chi connectivity index (χ4n) is 2.34. The summed E-state index contributed by atoms with van der Waals surface area (Å²) >= 11 is 1.91. The third-order valence-electron chi connectivity index (χ3n) is 3.28. The number of nitrogens with one attached hydrogen (secondary N) is 2. The molecule has 1 aromatic rings. The Morgan fingerprint density at radius 1 is 1.05 bits per heavy atom. The van der Waals surface area contributed by atoms with E-state index in [1.165, 1.54) is 35.3 Å². The number of nitrogens with zero attached hydrogens (tertiary/aromatic N) is 1. The summed E-state index contributed by atoms with van der Waals surface area (Å²) < 4.78 is 0. The minimum Gasteiger partial charge on any atom is -0.356 e. The molecule has 0 saturated carbocycles. The molecule has 0 aliphatic rings. The van der Waals surface area contributed by atoms with E-state index in [-0.39, 0.29) is 24.0 Å². The first-order valence-electron chi connectivity index (χ1n) is 7.66. The van der Waals surface area contributed by atoms with Gasteiger partial charge in [0.15, 0.2) is 5.96 Å². The van der Waals surface area contributed by atoms with Gasteiger partial charge in [0.05, 0.1) is 0 Å². The monoisotopic (exact) mass is 435 g/mol. The average molecular weight is 435 g/mol. The summed E-state index contributed by atoms with van der Waals surface area (Å²) in [5.74, 6) is 2.14. The predicted molar refractivity (Wildman–Crippen MR) is 112 cm³/mol. The van der Waals surface area contributed by atoms with Crippen molar-refractivity contribution >= 4 is 41.7 Å². The third-order valence-corrected chi connectivity index (χ3v) is 3.98. The lowest BCUT2D eigenvalue weighted by Crippen LogP contribution is -2.38. The van der Waals surface area contributed by atoms with E-state index in [9.17, 15) is 0 Å². The third kappa shape index (κ3) is 9.56. The highest BCUT2D eigenvalue weighted by Crippen LogP contribution is 2.08. The second-order valence-corrected chi connectivity index (χ2v) is 6.36. The molecule has 126 valence electrons. The molecule has 0 radical (unpaired) electrons. The van der Waals surface area contributed by atoms with Crippen LogP contribution >= 0.6 is 35.7 Å². The Kier molecular flexibility index (Phi) is 12.8. The van der Waals surface area contributed by atoms with Gasteiger partial charge in [-0.15, -0.1) is 24.0 Å². The molecule has 0 aliphatic carbocycles. The fourth-order valence-corrected chi connectivity index (χ4v) is 2.83. The van der Waals surface area contributed by atoms with Crippen LogP contribution in [0.1, 0.15) is 29.5 Å². The molecule has 0 fully saturated rings. The highest BCUT2D eigenvalue weighted by atomic mass is 127. The van der Waals surface area contributed by atoms with E-state index in [4.69, 9.17) is 0 Å². The summed E-state index contributed by atoms with van der Waals surface area (Å²) in [6, 6.07) is 6.73. The lowest BCUT2D eigenvalue weighted by atomic mass is 10.1. The fraction of sp³-hybridized carbons (Fsp3) is 0.588. The van der Waals surface area contributed by atoms with E-state index < -0.39 is 0 Å². The zero-order valence-corrected chi connectivity index (χ0v) is 17.4. The van der Waals surface area contributed by atoms with Crippen molar-refractivity contribution in [3.8, 4) is 0 Å². The van der Waals surface area contributed by atoms with Gasteiger partial charge in [0.2, 0.25) is 0 Å². The van der Waals surface area contributed by atoms with E-state index in [2.05, 4.69) is 53.9 Å². The summed E-state index contributed by atoms with van der Waals surface area (Å²) in [4.78, 5) is 4.26. The van der Waals surface area contributed by atoms with Crippen molar-refractivity contribution in [1.29, 1.82) is 0 Å². The summed E-state index contributed by atoms with van der Waals surface area (Å²) in [5.41, 5.74) is 4.05. The molecule has 22 heavy (non-hydrogen) atoms. The maximum absolute atomic E-state index is 4.26. The average Bonchev–Trinajstić information content (AvgIpc) is 2.44. The maximum atomic E-state index is 4.26. The van der Waals surface area contributed by atoms with Crippen LogP contribution in [0, 0.1) is 13.8 Å². The Bertz CT molecular complexity index is 429. The lowest BCUT2D eigenvalue weighted by Gasteiger charge is -2.12. The molecule has 0 aromatic heterocycles. The molecule has 1 rings (SSSR count). The number of thioether (sulfide) groups is 1. The molecular weight excluding hydrogens is 405 g/mol. The Labute approximate surface area is 157 Å². The van der Waals surface area contributed by atoms with Gasteiger partial charge >= 0.3 is 0 Å². The molecule has 0 amide bonds. The zero-order chi connectivity index (χ0) is 15.5. The van der Waals surface area contributed by atoms with E-state index in [0.29, 0.717) is 0 Å². The number of guanidine groups is 1. The number of hydrogen-bond acceptors (Lipinski definition) is 2. The lowest BCUT2D eigenvalue weighted by molar-refractivity contribution is 0.730. The van der Waals surface area contributed by atoms with E-state index in [1.54, 1.807) is 0 Å². The first-order valence-corrected chi connectivity index (χ1v) is 9.05. The molecule has 5 heteroatoms. The minimum absolute atomic E-state index is 0. The first kappa shape index (κ1) is 21.6. The quantitative estimate of drug-likeness (QED) is 0.283. The van der Waals surface area contributed by atoms with Crippen LogP contribution in [0.25, 0.3) is 0 Å². The molecule has 0 saturated heterocycles. The highest BCUT2D eigenvalue weighted by Gasteiger charge is 1.99. The van der Waals surface area contributed by atoms with Crippen LogP contribution in [0.4, 0.5) is 0 Å². The van der Waals surface area contributed by atoms with Crippen molar-refractivity contribution < 1.29 is 0 Å². The largest absolute Gasteiger partial charge is 0.356 e. The van der Waals surface area contributed by atoms with Crippen LogP contribution < -0.4 is 10.6 Å². The number of unbranched alkanes of at least 4 members (excludes halogenated alkanes) is 1. The van der Waals surface area contributed by atoms with Crippen molar-refractivity contribution in [2.45, 2.75) is 33.1 Å². The Balaban J connectivity index is 0.00000441. The maximum Gasteiger partial charge on any atom is 0.190 e. The number of rotatable bonds is 8. The topological polar surface area (TPSA) is 36.4 Å². The predicted octanol–water partition coefficient (Wildman–Crippen LogP) is 3.77. The number of aryl methyl sites for hydroxylation is 2. The van der Waals surface area contributed by atoms with E-state index >= 15 is 0 Å². The van der Waals surface area contributed by atoms with Crippen LogP contribution in [-0.2, 0) is 6.42 Å². The Morgan fingerprint density at radius 2 is 1.68 bits per heavy atom. The number of benzene rings is 1. The van der Waals surface area contributed by atoms with Gasteiger partial charge in [-0.25, -0.2) is 0 Å². The molecule has 2 N–H and O–H groups in total. The second kappa shape index (κ2) is 13.0. The van der Waals surface area contributed by atoms with Crippen LogP contribution in [-0.4, -0.2) is 38.1 Å². The molecule has 0 atom stereocenters. The van der Waals surface area contributed by atoms with Crippen molar-refractivity contribution in [3.63, 3.8) is 0 Å². The van der Waals surface area contributed by atoms with E-state index in [1.807, 2.05) is 18.8 Å². The standard InChI is InChI=1S/C17H29N3S.HI/c1-14-11-15(2)13-16(12-14)7-9-20-17(18-3)19-8-5-6-10-21-4;/h11-13H,5-10H2,1-4H3,(H2,18,19,20);1H. The number of halogens is 1. The number of aliphatic imine (C=N–C) groups is 1. The van der Waals surface area contributed by atoms with Gasteiger partial charge in [-0.2, -0.15) is 11.8 Å². The zero-order valence-electron chi connectivity index (χ0n) is 14.2. The summed E-state index contributed by atoms with van der Waals surface area (Å²) in [6.07, 6.45) is 5.63. The van der Waals surface area contributed by atoms with Crippen molar-refractivity contribution in [2.75, 3.05) is 32.1 Å². The Hall–Kier alpha value is -0.430.